The number of aryl methyl sites for hydroxylation is 2. The van der Waals surface area contributed by atoms with Gasteiger partial charge in [-0.2, -0.15) is 9.40 Å². The van der Waals surface area contributed by atoms with Crippen LogP contribution in [0.25, 0.3) is 0 Å². The molecule has 2 aliphatic rings. The largest absolute Gasteiger partial charge is 0.346 e. The van der Waals surface area contributed by atoms with E-state index in [1.807, 2.05) is 30.3 Å². The van der Waals surface area contributed by atoms with E-state index in [4.69, 9.17) is 0 Å². The normalized spacial score (nSPS) is 21.5. The summed E-state index contributed by atoms with van der Waals surface area (Å²) < 4.78 is 33.2. The van der Waals surface area contributed by atoms with Crippen LogP contribution in [-0.2, 0) is 36.6 Å². The Morgan fingerprint density at radius 3 is 2.57 bits per heavy atom. The molecular formula is C20H24N6O3S. The standard InChI is InChI=1S/C20H24N6O3S/c1-14-21-19(13-23(14)2)30(28,29)26-16-8-9-17(26)12-24-18(10-16)22-25(20(24)27)11-15-6-4-3-5-7-15/h3-7,13,16-17H,8-12H2,1-2H3/t16-,17+/m0/s1. The number of sulfonamides is 1. The van der Waals surface area contributed by atoms with E-state index in [1.54, 1.807) is 33.6 Å². The summed E-state index contributed by atoms with van der Waals surface area (Å²) in [5, 5.41) is 4.63. The highest BCUT2D eigenvalue weighted by molar-refractivity contribution is 7.89. The fraction of sp³-hybridized carbons (Fsp3) is 0.450. The predicted octanol–water partition coefficient (Wildman–Crippen LogP) is 0.913. The molecule has 0 radical (unpaired) electrons. The van der Waals surface area contributed by atoms with Crippen LogP contribution in [0, 0.1) is 6.92 Å². The summed E-state index contributed by atoms with van der Waals surface area (Å²) >= 11 is 0. The lowest BCUT2D eigenvalue weighted by Crippen LogP contribution is -2.43. The van der Waals surface area contributed by atoms with Crippen molar-refractivity contribution in [3.8, 4) is 0 Å². The molecule has 0 aliphatic carbocycles. The summed E-state index contributed by atoms with van der Waals surface area (Å²) in [7, 11) is -1.96. The van der Waals surface area contributed by atoms with Gasteiger partial charge in [0.2, 0.25) is 0 Å². The molecule has 10 heteroatoms. The lowest BCUT2D eigenvalue weighted by molar-refractivity contribution is 0.311. The van der Waals surface area contributed by atoms with Crippen molar-refractivity contribution in [3.05, 3.63) is 64.2 Å². The molecule has 2 atom stereocenters. The van der Waals surface area contributed by atoms with Gasteiger partial charge >= 0.3 is 5.69 Å². The molecule has 5 rings (SSSR count). The highest BCUT2D eigenvalue weighted by Crippen LogP contribution is 2.35. The molecule has 1 saturated heterocycles. The third-order valence-corrected chi connectivity index (χ3v) is 8.04. The molecule has 158 valence electrons. The van der Waals surface area contributed by atoms with Crippen LogP contribution in [0.4, 0.5) is 0 Å². The van der Waals surface area contributed by atoms with Gasteiger partial charge in [0.15, 0.2) is 5.03 Å². The van der Waals surface area contributed by atoms with E-state index in [-0.39, 0.29) is 22.8 Å². The summed E-state index contributed by atoms with van der Waals surface area (Å²) in [4.78, 5) is 17.2. The van der Waals surface area contributed by atoms with Gasteiger partial charge in [0.25, 0.3) is 10.0 Å². The Morgan fingerprint density at radius 1 is 1.13 bits per heavy atom. The van der Waals surface area contributed by atoms with Crippen LogP contribution in [0.2, 0.25) is 0 Å². The van der Waals surface area contributed by atoms with Crippen LogP contribution in [0.1, 0.15) is 30.1 Å². The lowest BCUT2D eigenvalue weighted by atomic mass is 10.1. The van der Waals surface area contributed by atoms with Crippen molar-refractivity contribution in [1.82, 2.24) is 28.2 Å². The number of benzene rings is 1. The molecule has 0 saturated carbocycles. The third-order valence-electron chi connectivity index (χ3n) is 6.17. The molecule has 0 spiro atoms. The van der Waals surface area contributed by atoms with Gasteiger partial charge < -0.3 is 4.57 Å². The topological polar surface area (TPSA) is 95.0 Å². The number of hydrogen-bond acceptors (Lipinski definition) is 5. The number of nitrogens with zero attached hydrogens (tertiary/aromatic N) is 6. The molecule has 3 aromatic rings. The number of hydrogen-bond donors (Lipinski definition) is 0. The SMILES string of the molecule is Cc1nc(S(=O)(=O)N2[C@@H]3CC[C@H]2Cc2nn(Cc4ccccc4)c(=O)n2C3)cn1C. The number of imidazole rings is 1. The molecule has 0 amide bonds. The molecule has 1 aromatic carbocycles. The summed E-state index contributed by atoms with van der Waals surface area (Å²) in [6.45, 7) is 2.51. The van der Waals surface area contributed by atoms with Crippen LogP contribution < -0.4 is 5.69 Å². The van der Waals surface area contributed by atoms with Gasteiger partial charge in [-0.05, 0) is 25.3 Å². The Labute approximate surface area is 174 Å². The quantitative estimate of drug-likeness (QED) is 0.616. The zero-order chi connectivity index (χ0) is 21.0. The van der Waals surface area contributed by atoms with Gasteiger partial charge in [-0.25, -0.2) is 22.9 Å². The van der Waals surface area contributed by atoms with Crippen molar-refractivity contribution in [2.24, 2.45) is 7.05 Å². The molecule has 9 nitrogen and oxygen atoms in total. The van der Waals surface area contributed by atoms with E-state index >= 15 is 0 Å². The zero-order valence-electron chi connectivity index (χ0n) is 17.0. The number of rotatable bonds is 4. The first-order chi connectivity index (χ1) is 14.3. The van der Waals surface area contributed by atoms with Gasteiger partial charge in [-0.1, -0.05) is 30.3 Å². The van der Waals surface area contributed by atoms with E-state index in [1.165, 1.54) is 4.68 Å². The van der Waals surface area contributed by atoms with E-state index < -0.39 is 10.0 Å². The fourth-order valence-corrected chi connectivity index (χ4v) is 6.45. The second-order valence-electron chi connectivity index (χ2n) is 8.11. The predicted molar refractivity (Wildman–Crippen MR) is 110 cm³/mol. The van der Waals surface area contributed by atoms with Crippen LogP contribution in [-0.4, -0.2) is 48.7 Å². The Morgan fingerprint density at radius 2 is 1.87 bits per heavy atom. The Hall–Kier alpha value is -2.72. The summed E-state index contributed by atoms with van der Waals surface area (Å²) in [5.41, 5.74) is 0.818. The van der Waals surface area contributed by atoms with Crippen molar-refractivity contribution < 1.29 is 8.42 Å². The molecule has 0 N–H and O–H groups in total. The van der Waals surface area contributed by atoms with Crippen molar-refractivity contribution in [2.45, 2.75) is 56.4 Å². The first kappa shape index (κ1) is 19.3. The molecule has 4 heterocycles. The lowest BCUT2D eigenvalue weighted by Gasteiger charge is -2.25. The fourth-order valence-electron chi connectivity index (χ4n) is 4.55. The van der Waals surface area contributed by atoms with Crippen LogP contribution in [0.15, 0.2) is 46.3 Å². The first-order valence-corrected chi connectivity index (χ1v) is 11.5. The van der Waals surface area contributed by atoms with Gasteiger partial charge in [0.1, 0.15) is 11.6 Å². The average molecular weight is 429 g/mol. The Bertz CT molecular complexity index is 1240. The van der Waals surface area contributed by atoms with Crippen molar-refractivity contribution in [1.29, 1.82) is 0 Å². The third kappa shape index (κ3) is 3.02. The maximum absolute atomic E-state index is 13.4. The Kier molecular flexibility index (Phi) is 4.44. The summed E-state index contributed by atoms with van der Waals surface area (Å²) in [6, 6.07) is 9.25. The minimum atomic E-state index is -3.74. The molecule has 2 aliphatic heterocycles. The van der Waals surface area contributed by atoms with Crippen LogP contribution in [0.3, 0.4) is 0 Å². The van der Waals surface area contributed by atoms with Crippen molar-refractivity contribution >= 4 is 10.0 Å². The number of fused-ring (bicyclic) bond motifs is 3. The second-order valence-corrected chi connectivity index (χ2v) is 9.90. The second kappa shape index (κ2) is 6.92. The minimum absolute atomic E-state index is 0.0698. The van der Waals surface area contributed by atoms with Crippen molar-refractivity contribution in [3.63, 3.8) is 0 Å². The molecule has 1 fully saturated rings. The molecule has 2 bridgehead atoms. The summed E-state index contributed by atoms with van der Waals surface area (Å²) in [5.74, 6) is 1.30. The van der Waals surface area contributed by atoms with Gasteiger partial charge in [0, 0.05) is 38.3 Å². The monoisotopic (exact) mass is 428 g/mol. The summed E-state index contributed by atoms with van der Waals surface area (Å²) in [6.07, 6.45) is 3.47. The van der Waals surface area contributed by atoms with E-state index in [0.717, 1.165) is 18.4 Å². The first-order valence-electron chi connectivity index (χ1n) is 10.1. The molecule has 30 heavy (non-hydrogen) atoms. The average Bonchev–Trinajstić information content (AvgIpc) is 3.31. The number of aromatic nitrogens is 5. The molecule has 0 unspecified atom stereocenters. The Balaban J connectivity index is 1.47. The highest BCUT2D eigenvalue weighted by Gasteiger charge is 2.46. The highest BCUT2D eigenvalue weighted by atomic mass is 32.2. The van der Waals surface area contributed by atoms with Crippen LogP contribution >= 0.6 is 0 Å². The van der Waals surface area contributed by atoms with Gasteiger partial charge in [-0.3, -0.25) is 4.57 Å². The molecule has 2 aromatic heterocycles. The van der Waals surface area contributed by atoms with E-state index in [0.29, 0.717) is 31.2 Å². The smallest absolute Gasteiger partial charge is 0.337 e. The van der Waals surface area contributed by atoms with E-state index in [2.05, 4.69) is 10.1 Å². The van der Waals surface area contributed by atoms with Crippen molar-refractivity contribution in [2.75, 3.05) is 0 Å². The zero-order valence-corrected chi connectivity index (χ0v) is 17.8. The van der Waals surface area contributed by atoms with Gasteiger partial charge in [0.05, 0.1) is 6.54 Å². The maximum Gasteiger partial charge on any atom is 0.346 e. The van der Waals surface area contributed by atoms with E-state index in [9.17, 15) is 13.2 Å². The molecular weight excluding hydrogens is 404 g/mol. The maximum atomic E-state index is 13.4. The van der Waals surface area contributed by atoms with Crippen LogP contribution in [0.5, 0.6) is 0 Å². The minimum Gasteiger partial charge on any atom is -0.337 e. The van der Waals surface area contributed by atoms with Gasteiger partial charge in [-0.15, -0.1) is 0 Å².